The van der Waals surface area contributed by atoms with Gasteiger partial charge in [-0.15, -0.1) is 5.11 Å². The maximum Gasteiger partial charge on any atom is 0.356 e. The van der Waals surface area contributed by atoms with Crippen LogP contribution in [-0.4, -0.2) is 16.2 Å². The summed E-state index contributed by atoms with van der Waals surface area (Å²) < 4.78 is 0. The summed E-state index contributed by atoms with van der Waals surface area (Å²) in [5, 5.41) is 26.8. The Bertz CT molecular complexity index is 614. The second-order valence-corrected chi connectivity index (χ2v) is 3.34. The molecule has 4 N–H and O–H groups in total. The highest BCUT2D eigenvalue weighted by Gasteiger charge is 2.08. The fraction of sp³-hybridized carbons (Fsp3) is 0. The summed E-state index contributed by atoms with van der Waals surface area (Å²) in [6.07, 6.45) is 0. The number of primary amides is 1. The SMILES string of the molecule is NC(=O)N=Nc1ccc(O)c2c(O)cccc12. The molecule has 2 aromatic rings. The van der Waals surface area contributed by atoms with E-state index in [1.807, 2.05) is 0 Å². The predicted octanol–water partition coefficient (Wildman–Crippen LogP) is 2.41. The van der Waals surface area contributed by atoms with Crippen LogP contribution < -0.4 is 5.73 Å². The van der Waals surface area contributed by atoms with Gasteiger partial charge < -0.3 is 15.9 Å². The molecule has 0 aliphatic heterocycles. The summed E-state index contributed by atoms with van der Waals surface area (Å²) >= 11 is 0. The molecule has 0 fully saturated rings. The van der Waals surface area contributed by atoms with Gasteiger partial charge in [0.25, 0.3) is 0 Å². The van der Waals surface area contributed by atoms with Gasteiger partial charge in [0.2, 0.25) is 0 Å². The Hall–Kier alpha value is -2.63. The van der Waals surface area contributed by atoms with Crippen LogP contribution in [0.5, 0.6) is 11.5 Å². The summed E-state index contributed by atoms with van der Waals surface area (Å²) in [6, 6.07) is 6.61. The second kappa shape index (κ2) is 4.09. The first-order valence-corrected chi connectivity index (χ1v) is 4.74. The van der Waals surface area contributed by atoms with Crippen LogP contribution in [-0.2, 0) is 0 Å². The van der Waals surface area contributed by atoms with Crippen molar-refractivity contribution in [1.29, 1.82) is 0 Å². The molecule has 2 amide bonds. The Balaban J connectivity index is 2.71. The number of nitrogens with two attached hydrogens (primary N) is 1. The predicted molar refractivity (Wildman–Crippen MR) is 61.4 cm³/mol. The number of hydrogen-bond acceptors (Lipinski definition) is 4. The Morgan fingerprint density at radius 3 is 2.53 bits per heavy atom. The summed E-state index contributed by atoms with van der Waals surface area (Å²) in [6.45, 7) is 0. The molecule has 0 atom stereocenters. The van der Waals surface area contributed by atoms with Crippen molar-refractivity contribution in [2.45, 2.75) is 0 Å². The van der Waals surface area contributed by atoms with E-state index in [0.29, 0.717) is 11.1 Å². The second-order valence-electron chi connectivity index (χ2n) is 3.34. The van der Waals surface area contributed by atoms with Crippen LogP contribution in [0.2, 0.25) is 0 Å². The first kappa shape index (κ1) is 10.9. The number of hydrogen-bond donors (Lipinski definition) is 3. The zero-order valence-electron chi connectivity index (χ0n) is 8.66. The molecule has 2 rings (SSSR count). The topological polar surface area (TPSA) is 108 Å². The number of carbonyl (C=O) groups excluding carboxylic acids is 1. The smallest absolute Gasteiger partial charge is 0.356 e. The fourth-order valence-corrected chi connectivity index (χ4v) is 1.54. The zero-order chi connectivity index (χ0) is 12.4. The van der Waals surface area contributed by atoms with Gasteiger partial charge in [-0.1, -0.05) is 17.2 Å². The lowest BCUT2D eigenvalue weighted by atomic mass is 10.1. The third-order valence-corrected chi connectivity index (χ3v) is 2.23. The molecule has 2 aromatic carbocycles. The van der Waals surface area contributed by atoms with Gasteiger partial charge in [-0.2, -0.15) is 0 Å². The van der Waals surface area contributed by atoms with Gasteiger partial charge in [-0.25, -0.2) is 4.79 Å². The number of rotatable bonds is 1. The van der Waals surface area contributed by atoms with Crippen molar-refractivity contribution in [3.8, 4) is 11.5 Å². The molecule has 0 heterocycles. The van der Waals surface area contributed by atoms with Crippen LogP contribution in [0.1, 0.15) is 0 Å². The minimum atomic E-state index is -0.911. The van der Waals surface area contributed by atoms with Crippen LogP contribution in [0.15, 0.2) is 40.6 Å². The Morgan fingerprint density at radius 2 is 1.82 bits per heavy atom. The molecule has 0 radical (unpaired) electrons. The first-order chi connectivity index (χ1) is 8.09. The monoisotopic (exact) mass is 231 g/mol. The standard InChI is InChI=1S/C11H9N3O3/c12-11(17)14-13-7-4-5-9(16)10-6(7)2-1-3-8(10)15/h1-5,15-16H,(H2,12,17). The number of amides is 2. The molecule has 6 heteroatoms. The van der Waals surface area contributed by atoms with E-state index in [0.717, 1.165) is 0 Å². The third-order valence-electron chi connectivity index (χ3n) is 2.23. The number of benzene rings is 2. The van der Waals surface area contributed by atoms with Crippen LogP contribution in [0.4, 0.5) is 10.5 Å². The molecule has 6 nitrogen and oxygen atoms in total. The van der Waals surface area contributed by atoms with E-state index in [-0.39, 0.29) is 16.9 Å². The summed E-state index contributed by atoms with van der Waals surface area (Å²) in [4.78, 5) is 10.5. The minimum Gasteiger partial charge on any atom is -0.507 e. The molecule has 0 aliphatic rings. The molecular weight excluding hydrogens is 222 g/mol. The van der Waals surface area contributed by atoms with E-state index in [2.05, 4.69) is 10.2 Å². The molecule has 0 aromatic heterocycles. The van der Waals surface area contributed by atoms with Crippen LogP contribution in [0.25, 0.3) is 10.8 Å². The van der Waals surface area contributed by atoms with E-state index in [4.69, 9.17) is 5.73 Å². The van der Waals surface area contributed by atoms with Gasteiger partial charge in [0.05, 0.1) is 11.1 Å². The molecule has 0 bridgehead atoms. The number of carbonyl (C=O) groups is 1. The molecule has 0 aliphatic carbocycles. The van der Waals surface area contributed by atoms with Gasteiger partial charge in [0, 0.05) is 5.39 Å². The number of aromatic hydroxyl groups is 2. The highest BCUT2D eigenvalue weighted by molar-refractivity contribution is 6.00. The van der Waals surface area contributed by atoms with Crippen LogP contribution in [0, 0.1) is 0 Å². The fourth-order valence-electron chi connectivity index (χ4n) is 1.54. The summed E-state index contributed by atoms with van der Waals surface area (Å²) in [5.74, 6) is -0.146. The largest absolute Gasteiger partial charge is 0.507 e. The summed E-state index contributed by atoms with van der Waals surface area (Å²) in [7, 11) is 0. The lowest BCUT2D eigenvalue weighted by molar-refractivity contribution is 0.255. The highest BCUT2D eigenvalue weighted by Crippen LogP contribution is 2.37. The average Bonchev–Trinajstić information content (AvgIpc) is 2.28. The van der Waals surface area contributed by atoms with Crippen molar-refractivity contribution in [1.82, 2.24) is 0 Å². The average molecular weight is 231 g/mol. The molecule has 0 saturated carbocycles. The lowest BCUT2D eigenvalue weighted by Crippen LogP contribution is -2.01. The van der Waals surface area contributed by atoms with Gasteiger partial charge in [0.15, 0.2) is 0 Å². The molecule has 0 saturated heterocycles. The maximum absolute atomic E-state index is 10.5. The van der Waals surface area contributed by atoms with Crippen LogP contribution >= 0.6 is 0 Å². The number of fused-ring (bicyclic) bond motifs is 1. The lowest BCUT2D eigenvalue weighted by Gasteiger charge is -2.05. The van der Waals surface area contributed by atoms with Gasteiger partial charge in [-0.05, 0) is 18.2 Å². The Kier molecular flexibility index (Phi) is 2.61. The quantitative estimate of drug-likeness (QED) is 0.655. The van der Waals surface area contributed by atoms with Crippen molar-refractivity contribution >= 4 is 22.5 Å². The number of azo groups is 1. The first-order valence-electron chi connectivity index (χ1n) is 4.74. The van der Waals surface area contributed by atoms with Crippen molar-refractivity contribution in [3.05, 3.63) is 30.3 Å². The number of urea groups is 1. The zero-order valence-corrected chi connectivity index (χ0v) is 8.66. The van der Waals surface area contributed by atoms with Crippen molar-refractivity contribution < 1.29 is 15.0 Å². The van der Waals surface area contributed by atoms with E-state index >= 15 is 0 Å². The maximum atomic E-state index is 10.5. The third kappa shape index (κ3) is 2.00. The van der Waals surface area contributed by atoms with E-state index in [1.54, 1.807) is 12.1 Å². The molecular formula is C11H9N3O3. The molecule has 86 valence electrons. The number of phenols is 2. The van der Waals surface area contributed by atoms with Crippen molar-refractivity contribution in [3.63, 3.8) is 0 Å². The van der Waals surface area contributed by atoms with E-state index in [1.165, 1.54) is 18.2 Å². The normalized spacial score (nSPS) is 11.1. The molecule has 0 unspecified atom stereocenters. The van der Waals surface area contributed by atoms with Gasteiger partial charge >= 0.3 is 6.03 Å². The Morgan fingerprint density at radius 1 is 1.12 bits per heavy atom. The van der Waals surface area contributed by atoms with Crippen LogP contribution in [0.3, 0.4) is 0 Å². The number of phenolic OH excluding ortho intramolecular Hbond substituents is 2. The minimum absolute atomic E-state index is 0.0730. The van der Waals surface area contributed by atoms with Gasteiger partial charge in [-0.3, -0.25) is 0 Å². The molecule has 17 heavy (non-hydrogen) atoms. The van der Waals surface area contributed by atoms with Crippen molar-refractivity contribution in [2.75, 3.05) is 0 Å². The molecule has 0 spiro atoms. The summed E-state index contributed by atoms with van der Waals surface area (Å²) in [5.41, 5.74) is 5.19. The Labute approximate surface area is 96.0 Å². The number of nitrogens with zero attached hydrogens (tertiary/aromatic N) is 2. The van der Waals surface area contributed by atoms with Gasteiger partial charge in [0.1, 0.15) is 11.5 Å². The van der Waals surface area contributed by atoms with E-state index in [9.17, 15) is 15.0 Å². The van der Waals surface area contributed by atoms with E-state index < -0.39 is 6.03 Å². The van der Waals surface area contributed by atoms with Crippen molar-refractivity contribution in [2.24, 2.45) is 16.0 Å². The highest BCUT2D eigenvalue weighted by atomic mass is 16.3.